The van der Waals surface area contributed by atoms with Crippen LogP contribution in [0, 0.1) is 17.3 Å². The Morgan fingerprint density at radius 2 is 2.00 bits per heavy atom. The molecule has 2 heterocycles. The third-order valence-electron chi connectivity index (χ3n) is 11.8. The molecule has 1 unspecified atom stereocenters. The molecule has 5 aliphatic carbocycles. The molecule has 5 fully saturated rings. The second-order valence-electron chi connectivity index (χ2n) is 13.5. The number of ether oxygens (including phenoxy) is 3. The Kier molecular flexibility index (Phi) is 5.46. The molecule has 0 radical (unpaired) electrons. The van der Waals surface area contributed by atoms with Crippen LogP contribution in [0.4, 0.5) is 0 Å². The van der Waals surface area contributed by atoms with E-state index in [1.165, 1.54) is 30.5 Å². The Morgan fingerprint density at radius 1 is 1.18 bits per heavy atom. The standard InChI is InChI=1S/C33H40N2O5/c1-38-33-12-11-31(17-23(33)19-39-29(37)24(34)15-20-5-3-2-4-6-20)26-16-22-9-10-25(36)28-27(22)32(31,30(33)40-28)13-14-35(26)18-21-7-8-21/h2-6,9-10,21,23-24,26,30,36H,7-8,11-19,34H2,1H3/t23-,24?,26-,30-,31-,32+,33-/m1/s1. The average Bonchev–Trinajstić information content (AvgIpc) is 3.71. The molecular weight excluding hydrogens is 504 g/mol. The number of fused-ring (bicyclic) bond motifs is 2. The summed E-state index contributed by atoms with van der Waals surface area (Å²) in [6.45, 7) is 2.51. The lowest BCUT2D eigenvalue weighted by atomic mass is 9.35. The van der Waals surface area contributed by atoms with Crippen molar-refractivity contribution in [2.24, 2.45) is 23.0 Å². The summed E-state index contributed by atoms with van der Waals surface area (Å²) >= 11 is 0. The number of carbonyl (C=O) groups is 1. The van der Waals surface area contributed by atoms with E-state index in [2.05, 4.69) is 11.0 Å². The number of nitrogens with zero attached hydrogens (tertiary/aromatic N) is 1. The molecule has 0 amide bonds. The van der Waals surface area contributed by atoms with Crippen LogP contribution in [0.2, 0.25) is 0 Å². The first-order valence-electron chi connectivity index (χ1n) is 15.2. The van der Waals surface area contributed by atoms with Crippen molar-refractivity contribution in [1.82, 2.24) is 4.90 Å². The van der Waals surface area contributed by atoms with E-state index >= 15 is 0 Å². The number of piperidine rings is 1. The molecule has 212 valence electrons. The molecule has 7 atom stereocenters. The fourth-order valence-electron chi connectivity index (χ4n) is 9.99. The minimum absolute atomic E-state index is 0.000356. The molecular formula is C33H40N2O5. The highest BCUT2D eigenvalue weighted by molar-refractivity contribution is 5.76. The first-order valence-corrected chi connectivity index (χ1v) is 15.2. The SMILES string of the molecule is CO[C@]12CC[C@@]3(C[C@@H]1COC(=O)C(N)Cc1ccccc1)[C@H]1Cc4ccc(O)c5c4[C@@]3(CCN1CC1CC1)[C@H]2O5. The zero-order chi connectivity index (χ0) is 27.3. The summed E-state index contributed by atoms with van der Waals surface area (Å²) < 4.78 is 19.4. The first-order chi connectivity index (χ1) is 19.4. The summed E-state index contributed by atoms with van der Waals surface area (Å²) in [5.41, 5.74) is 9.14. The second kappa shape index (κ2) is 8.70. The minimum atomic E-state index is -0.708. The van der Waals surface area contributed by atoms with Gasteiger partial charge in [-0.15, -0.1) is 0 Å². The highest BCUT2D eigenvalue weighted by Gasteiger charge is 2.80. The number of nitrogens with two attached hydrogens (primary N) is 1. The van der Waals surface area contributed by atoms with Crippen molar-refractivity contribution < 1.29 is 24.1 Å². The van der Waals surface area contributed by atoms with Gasteiger partial charge in [-0.25, -0.2) is 0 Å². The average molecular weight is 545 g/mol. The van der Waals surface area contributed by atoms with Crippen molar-refractivity contribution >= 4 is 5.97 Å². The minimum Gasteiger partial charge on any atom is -0.504 e. The Morgan fingerprint density at radius 3 is 2.77 bits per heavy atom. The van der Waals surface area contributed by atoms with Crippen molar-refractivity contribution in [3.05, 3.63) is 59.2 Å². The van der Waals surface area contributed by atoms with E-state index in [9.17, 15) is 9.90 Å². The zero-order valence-corrected chi connectivity index (χ0v) is 23.3. The summed E-state index contributed by atoms with van der Waals surface area (Å²) in [4.78, 5) is 15.9. The lowest BCUT2D eigenvalue weighted by Crippen LogP contribution is -2.81. The molecule has 4 bridgehead atoms. The molecule has 7 nitrogen and oxygen atoms in total. The lowest BCUT2D eigenvalue weighted by molar-refractivity contribution is -0.282. The molecule has 2 spiro atoms. The third kappa shape index (κ3) is 3.20. The molecule has 3 N–H and O–H groups in total. The van der Waals surface area contributed by atoms with Crippen LogP contribution in [0.5, 0.6) is 11.5 Å². The van der Waals surface area contributed by atoms with Crippen LogP contribution >= 0.6 is 0 Å². The quantitative estimate of drug-likeness (QED) is 0.489. The first kappa shape index (κ1) is 25.1. The van der Waals surface area contributed by atoms with Gasteiger partial charge in [0.05, 0.1) is 6.61 Å². The van der Waals surface area contributed by atoms with Gasteiger partial charge in [0.15, 0.2) is 11.5 Å². The van der Waals surface area contributed by atoms with E-state index in [4.69, 9.17) is 19.9 Å². The lowest BCUT2D eigenvalue weighted by Gasteiger charge is -2.73. The van der Waals surface area contributed by atoms with Crippen LogP contribution in [0.25, 0.3) is 0 Å². The zero-order valence-electron chi connectivity index (χ0n) is 23.3. The van der Waals surface area contributed by atoms with E-state index < -0.39 is 11.6 Å². The highest BCUT2D eigenvalue weighted by Crippen LogP contribution is 2.76. The van der Waals surface area contributed by atoms with Gasteiger partial charge in [0.2, 0.25) is 0 Å². The molecule has 2 aromatic rings. The number of methoxy groups -OCH3 is 1. The number of carbonyl (C=O) groups excluding carboxylic acids is 1. The van der Waals surface area contributed by atoms with Gasteiger partial charge in [0, 0.05) is 42.0 Å². The van der Waals surface area contributed by atoms with E-state index in [0.717, 1.165) is 50.1 Å². The molecule has 1 saturated heterocycles. The van der Waals surface area contributed by atoms with Gasteiger partial charge in [0.25, 0.3) is 0 Å². The van der Waals surface area contributed by atoms with E-state index in [1.54, 1.807) is 7.11 Å². The van der Waals surface area contributed by atoms with Gasteiger partial charge >= 0.3 is 5.97 Å². The normalized spacial score (nSPS) is 37.5. The number of aromatic hydroxyl groups is 1. The van der Waals surface area contributed by atoms with Crippen molar-refractivity contribution in [3.63, 3.8) is 0 Å². The van der Waals surface area contributed by atoms with Gasteiger partial charge in [-0.05, 0) is 81.0 Å². The summed E-state index contributed by atoms with van der Waals surface area (Å²) in [5.74, 6) is 1.37. The summed E-state index contributed by atoms with van der Waals surface area (Å²) in [7, 11) is 1.79. The van der Waals surface area contributed by atoms with Crippen molar-refractivity contribution in [2.75, 3.05) is 26.8 Å². The van der Waals surface area contributed by atoms with Crippen LogP contribution < -0.4 is 10.5 Å². The number of likely N-dealkylation sites (tertiary alicyclic amines) is 1. The number of hydrogen-bond donors (Lipinski definition) is 2. The van der Waals surface area contributed by atoms with Gasteiger partial charge < -0.3 is 25.1 Å². The van der Waals surface area contributed by atoms with E-state index in [-0.39, 0.29) is 41.2 Å². The molecule has 0 aromatic heterocycles. The smallest absolute Gasteiger partial charge is 0.323 e. The number of phenols is 1. The predicted molar refractivity (Wildman–Crippen MR) is 149 cm³/mol. The molecule has 7 heteroatoms. The highest BCUT2D eigenvalue weighted by atomic mass is 16.6. The fourth-order valence-corrected chi connectivity index (χ4v) is 9.99. The predicted octanol–water partition coefficient (Wildman–Crippen LogP) is 3.73. The van der Waals surface area contributed by atoms with Crippen LogP contribution in [-0.4, -0.2) is 66.6 Å². The number of phenolic OH excluding ortho intramolecular Hbond substituents is 1. The molecule has 2 aliphatic heterocycles. The number of rotatable bonds is 8. The Bertz CT molecular complexity index is 1350. The Labute approximate surface area is 236 Å². The maximum absolute atomic E-state index is 13.1. The maximum Gasteiger partial charge on any atom is 0.323 e. The molecule has 4 saturated carbocycles. The summed E-state index contributed by atoms with van der Waals surface area (Å²) in [6, 6.07) is 13.5. The van der Waals surface area contributed by atoms with Gasteiger partial charge in [-0.3, -0.25) is 9.69 Å². The maximum atomic E-state index is 13.1. The fraction of sp³-hybridized carbons (Fsp3) is 0.606. The van der Waals surface area contributed by atoms with Crippen LogP contribution in [0.3, 0.4) is 0 Å². The number of benzene rings is 2. The van der Waals surface area contributed by atoms with Crippen molar-refractivity contribution in [2.45, 2.75) is 80.6 Å². The molecule has 40 heavy (non-hydrogen) atoms. The van der Waals surface area contributed by atoms with Gasteiger partial charge in [-0.1, -0.05) is 36.4 Å². The second-order valence-corrected chi connectivity index (χ2v) is 13.5. The molecule has 9 rings (SSSR count). The number of hydrogen-bond acceptors (Lipinski definition) is 7. The molecule has 2 aromatic carbocycles. The summed E-state index contributed by atoms with van der Waals surface area (Å²) in [6.07, 6.45) is 7.81. The Balaban J connectivity index is 1.14. The Hall–Kier alpha value is -2.61. The van der Waals surface area contributed by atoms with E-state index in [1.807, 2.05) is 36.4 Å². The summed E-state index contributed by atoms with van der Waals surface area (Å²) in [5, 5.41) is 11.0. The van der Waals surface area contributed by atoms with Crippen molar-refractivity contribution in [3.8, 4) is 11.5 Å². The van der Waals surface area contributed by atoms with Gasteiger partial charge in [0.1, 0.15) is 17.7 Å². The van der Waals surface area contributed by atoms with E-state index in [0.29, 0.717) is 18.2 Å². The van der Waals surface area contributed by atoms with Gasteiger partial charge in [-0.2, -0.15) is 0 Å². The van der Waals surface area contributed by atoms with Crippen molar-refractivity contribution in [1.29, 1.82) is 0 Å². The molecule has 7 aliphatic rings. The third-order valence-corrected chi connectivity index (χ3v) is 11.8. The number of esters is 1. The van der Waals surface area contributed by atoms with Crippen LogP contribution in [0.15, 0.2) is 42.5 Å². The monoisotopic (exact) mass is 544 g/mol. The largest absolute Gasteiger partial charge is 0.504 e. The van der Waals surface area contributed by atoms with Crippen LogP contribution in [0.1, 0.15) is 55.2 Å². The van der Waals surface area contributed by atoms with Crippen LogP contribution in [-0.2, 0) is 32.5 Å². The topological polar surface area (TPSA) is 94.2 Å².